The van der Waals surface area contributed by atoms with Gasteiger partial charge >= 0.3 is 0 Å². The number of amides is 1. The van der Waals surface area contributed by atoms with Crippen molar-refractivity contribution in [3.63, 3.8) is 0 Å². The van der Waals surface area contributed by atoms with E-state index in [0.29, 0.717) is 19.5 Å². The monoisotopic (exact) mass is 308 g/mol. The van der Waals surface area contributed by atoms with Crippen LogP contribution in [0, 0.1) is 5.92 Å². The molecule has 21 heavy (non-hydrogen) atoms. The average molecular weight is 308 g/mol. The molecule has 1 aromatic rings. The Morgan fingerprint density at radius 2 is 1.71 bits per heavy atom. The van der Waals surface area contributed by atoms with Crippen molar-refractivity contribution in [3.05, 3.63) is 30.3 Å². The number of nitrogens with zero attached hydrogens (tertiary/aromatic N) is 2. The molecule has 2 aliphatic heterocycles. The fourth-order valence-corrected chi connectivity index (χ4v) is 4.80. The Hall–Kier alpha value is -1.56. The molecule has 1 atom stereocenters. The molecule has 114 valence electrons. The van der Waals surface area contributed by atoms with Gasteiger partial charge < -0.3 is 9.80 Å². The molecule has 0 N–H and O–H groups in total. The van der Waals surface area contributed by atoms with Crippen LogP contribution < -0.4 is 4.90 Å². The van der Waals surface area contributed by atoms with Gasteiger partial charge in [-0.05, 0) is 18.6 Å². The minimum Gasteiger partial charge on any atom is -0.368 e. The number of anilines is 1. The van der Waals surface area contributed by atoms with Gasteiger partial charge in [-0.15, -0.1) is 0 Å². The summed E-state index contributed by atoms with van der Waals surface area (Å²) in [5.74, 6) is -0.111. The summed E-state index contributed by atoms with van der Waals surface area (Å²) >= 11 is 0. The molecule has 0 spiro atoms. The maximum absolute atomic E-state index is 12.4. The highest BCUT2D eigenvalue weighted by Gasteiger charge is 2.36. The van der Waals surface area contributed by atoms with Crippen molar-refractivity contribution in [2.24, 2.45) is 5.92 Å². The summed E-state index contributed by atoms with van der Waals surface area (Å²) < 4.78 is 23.0. The minimum atomic E-state index is -2.99. The van der Waals surface area contributed by atoms with Gasteiger partial charge in [0.05, 0.1) is 17.4 Å². The second kappa shape index (κ2) is 5.67. The van der Waals surface area contributed by atoms with Crippen LogP contribution in [-0.2, 0) is 14.6 Å². The number of carbonyl (C=O) groups is 1. The van der Waals surface area contributed by atoms with Crippen LogP contribution in [0.5, 0.6) is 0 Å². The zero-order valence-electron chi connectivity index (χ0n) is 11.9. The lowest BCUT2D eigenvalue weighted by molar-refractivity contribution is -0.135. The van der Waals surface area contributed by atoms with Crippen molar-refractivity contribution >= 4 is 21.4 Å². The van der Waals surface area contributed by atoms with Gasteiger partial charge in [-0.1, -0.05) is 18.2 Å². The Morgan fingerprint density at radius 3 is 2.29 bits per heavy atom. The quantitative estimate of drug-likeness (QED) is 0.810. The molecule has 0 unspecified atom stereocenters. The van der Waals surface area contributed by atoms with E-state index in [1.165, 1.54) is 5.69 Å². The van der Waals surface area contributed by atoms with Crippen molar-refractivity contribution in [2.75, 3.05) is 42.6 Å². The van der Waals surface area contributed by atoms with Crippen LogP contribution in [0.1, 0.15) is 6.42 Å². The average Bonchev–Trinajstić information content (AvgIpc) is 2.88. The van der Waals surface area contributed by atoms with Gasteiger partial charge in [-0.3, -0.25) is 4.79 Å². The van der Waals surface area contributed by atoms with E-state index in [9.17, 15) is 13.2 Å². The molecular formula is C15H20N2O3S. The van der Waals surface area contributed by atoms with Gasteiger partial charge in [-0.2, -0.15) is 0 Å². The van der Waals surface area contributed by atoms with Crippen LogP contribution in [-0.4, -0.2) is 56.9 Å². The number of piperazine rings is 1. The predicted molar refractivity (Wildman–Crippen MR) is 82.0 cm³/mol. The standard InChI is InChI=1S/C15H20N2O3S/c18-15(13-6-11-21(19,20)12-13)17-9-7-16(8-10-17)14-4-2-1-3-5-14/h1-5,13H,6-12H2/t13-/m0/s1. The van der Waals surface area contributed by atoms with Crippen molar-refractivity contribution in [1.82, 2.24) is 4.90 Å². The zero-order valence-corrected chi connectivity index (χ0v) is 12.8. The maximum Gasteiger partial charge on any atom is 0.226 e. The number of hydrogen-bond donors (Lipinski definition) is 0. The molecule has 2 saturated heterocycles. The number of carbonyl (C=O) groups excluding carboxylic acids is 1. The minimum absolute atomic E-state index is 0.0174. The lowest BCUT2D eigenvalue weighted by Gasteiger charge is -2.37. The SMILES string of the molecule is O=C([C@H]1CCS(=O)(=O)C1)N1CCN(c2ccccc2)CC1. The van der Waals surface area contributed by atoms with Crippen LogP contribution in [0.3, 0.4) is 0 Å². The molecular weight excluding hydrogens is 288 g/mol. The van der Waals surface area contributed by atoms with Crippen molar-refractivity contribution in [2.45, 2.75) is 6.42 Å². The first kappa shape index (κ1) is 14.4. The molecule has 1 aromatic carbocycles. The molecule has 5 nitrogen and oxygen atoms in total. The van der Waals surface area contributed by atoms with E-state index in [0.717, 1.165) is 13.1 Å². The molecule has 2 heterocycles. The Kier molecular flexibility index (Phi) is 3.89. The molecule has 0 aromatic heterocycles. The number of para-hydroxylation sites is 1. The lowest BCUT2D eigenvalue weighted by Crippen LogP contribution is -2.50. The van der Waals surface area contributed by atoms with Gasteiger partial charge in [0.1, 0.15) is 0 Å². The van der Waals surface area contributed by atoms with Crippen molar-refractivity contribution < 1.29 is 13.2 Å². The first-order valence-corrected chi connectivity index (χ1v) is 9.16. The van der Waals surface area contributed by atoms with Crippen LogP contribution in [0.2, 0.25) is 0 Å². The van der Waals surface area contributed by atoms with Gasteiger partial charge in [-0.25, -0.2) is 8.42 Å². The molecule has 3 rings (SSSR count). The third-order valence-electron chi connectivity index (χ3n) is 4.29. The highest BCUT2D eigenvalue weighted by Crippen LogP contribution is 2.22. The second-order valence-corrected chi connectivity index (χ2v) is 7.98. The van der Waals surface area contributed by atoms with Crippen LogP contribution in [0.4, 0.5) is 5.69 Å². The Morgan fingerprint density at radius 1 is 1.05 bits per heavy atom. The summed E-state index contributed by atoms with van der Waals surface area (Å²) in [6.45, 7) is 2.94. The van der Waals surface area contributed by atoms with E-state index in [1.54, 1.807) is 0 Å². The largest absolute Gasteiger partial charge is 0.368 e. The summed E-state index contributed by atoms with van der Waals surface area (Å²) in [5, 5.41) is 0. The smallest absolute Gasteiger partial charge is 0.226 e. The fraction of sp³-hybridized carbons (Fsp3) is 0.533. The Bertz CT molecular complexity index is 607. The van der Waals surface area contributed by atoms with E-state index in [-0.39, 0.29) is 23.3 Å². The number of rotatable bonds is 2. The molecule has 2 fully saturated rings. The zero-order chi connectivity index (χ0) is 14.9. The van der Waals surface area contributed by atoms with E-state index in [4.69, 9.17) is 0 Å². The predicted octanol–water partition coefficient (Wildman–Crippen LogP) is 0.770. The van der Waals surface area contributed by atoms with E-state index < -0.39 is 9.84 Å². The van der Waals surface area contributed by atoms with Gasteiger partial charge in [0.25, 0.3) is 0 Å². The summed E-state index contributed by atoms with van der Waals surface area (Å²) in [5.41, 5.74) is 1.17. The summed E-state index contributed by atoms with van der Waals surface area (Å²) in [7, 11) is -2.99. The highest BCUT2D eigenvalue weighted by molar-refractivity contribution is 7.91. The molecule has 0 bridgehead atoms. The first-order valence-electron chi connectivity index (χ1n) is 7.34. The highest BCUT2D eigenvalue weighted by atomic mass is 32.2. The number of benzene rings is 1. The topological polar surface area (TPSA) is 57.7 Å². The Balaban J connectivity index is 1.57. The molecule has 2 aliphatic rings. The summed E-state index contributed by atoms with van der Waals surface area (Å²) in [4.78, 5) is 16.5. The van der Waals surface area contributed by atoms with Gasteiger partial charge in [0, 0.05) is 31.9 Å². The molecule has 6 heteroatoms. The third-order valence-corrected chi connectivity index (χ3v) is 6.06. The first-order chi connectivity index (χ1) is 10.1. The van der Waals surface area contributed by atoms with Crippen LogP contribution in [0.15, 0.2) is 30.3 Å². The molecule has 0 radical (unpaired) electrons. The maximum atomic E-state index is 12.4. The van der Waals surface area contributed by atoms with Gasteiger partial charge in [0.15, 0.2) is 9.84 Å². The lowest BCUT2D eigenvalue weighted by atomic mass is 10.1. The van der Waals surface area contributed by atoms with E-state index >= 15 is 0 Å². The van der Waals surface area contributed by atoms with Crippen LogP contribution >= 0.6 is 0 Å². The van der Waals surface area contributed by atoms with Crippen molar-refractivity contribution in [1.29, 1.82) is 0 Å². The van der Waals surface area contributed by atoms with E-state index in [2.05, 4.69) is 17.0 Å². The molecule has 1 amide bonds. The molecule has 0 saturated carbocycles. The van der Waals surface area contributed by atoms with Crippen LogP contribution in [0.25, 0.3) is 0 Å². The Labute approximate surface area is 125 Å². The summed E-state index contributed by atoms with van der Waals surface area (Å²) in [6, 6.07) is 10.2. The fourth-order valence-electron chi connectivity index (χ4n) is 3.07. The molecule has 0 aliphatic carbocycles. The second-order valence-electron chi connectivity index (χ2n) is 5.75. The van der Waals surface area contributed by atoms with Gasteiger partial charge in [0.2, 0.25) is 5.91 Å². The normalized spacial score (nSPS) is 25.0. The van der Waals surface area contributed by atoms with E-state index in [1.807, 2.05) is 23.1 Å². The number of hydrogen-bond acceptors (Lipinski definition) is 4. The number of sulfone groups is 1. The van der Waals surface area contributed by atoms with Crippen molar-refractivity contribution in [3.8, 4) is 0 Å². The third kappa shape index (κ3) is 3.20. The summed E-state index contributed by atoms with van der Waals surface area (Å²) in [6.07, 6.45) is 0.486.